The fourth-order valence-electron chi connectivity index (χ4n) is 1.10. The zero-order chi connectivity index (χ0) is 11.3. The van der Waals surface area contributed by atoms with E-state index in [1.54, 1.807) is 0 Å². The topological polar surface area (TPSA) is 46.5 Å². The SMILES string of the molecule is COc1ccc(C=O)c(C#CCCl)c1O. The Morgan fingerprint density at radius 2 is 2.33 bits per heavy atom. The molecular weight excluding hydrogens is 216 g/mol. The molecular formula is C11H9ClO3. The van der Waals surface area contributed by atoms with E-state index in [0.29, 0.717) is 11.8 Å². The molecule has 0 saturated heterocycles. The highest BCUT2D eigenvalue weighted by molar-refractivity contribution is 6.19. The quantitative estimate of drug-likeness (QED) is 0.473. The molecule has 78 valence electrons. The first-order valence-corrected chi connectivity index (χ1v) is 4.68. The number of hydrogen-bond acceptors (Lipinski definition) is 3. The second kappa shape index (κ2) is 5.28. The van der Waals surface area contributed by atoms with Crippen LogP contribution >= 0.6 is 11.6 Å². The van der Waals surface area contributed by atoms with Crippen molar-refractivity contribution in [3.8, 4) is 23.3 Å². The third-order valence-corrected chi connectivity index (χ3v) is 1.93. The first-order valence-electron chi connectivity index (χ1n) is 4.14. The van der Waals surface area contributed by atoms with Crippen LogP contribution < -0.4 is 4.74 Å². The molecule has 0 saturated carbocycles. The lowest BCUT2D eigenvalue weighted by Crippen LogP contribution is -1.92. The number of aromatic hydroxyl groups is 1. The predicted octanol–water partition coefficient (Wildman–Crippen LogP) is 1.80. The van der Waals surface area contributed by atoms with Crippen LogP contribution in [-0.4, -0.2) is 24.4 Å². The lowest BCUT2D eigenvalue weighted by atomic mass is 10.1. The van der Waals surface area contributed by atoms with E-state index in [0.717, 1.165) is 0 Å². The van der Waals surface area contributed by atoms with Gasteiger partial charge in [-0.25, -0.2) is 0 Å². The Morgan fingerprint density at radius 3 is 2.87 bits per heavy atom. The van der Waals surface area contributed by atoms with Crippen LogP contribution in [0.1, 0.15) is 15.9 Å². The minimum absolute atomic E-state index is 0.134. The number of phenols is 1. The Kier molecular flexibility index (Phi) is 4.02. The summed E-state index contributed by atoms with van der Waals surface area (Å²) in [6.07, 6.45) is 0.622. The van der Waals surface area contributed by atoms with Crippen molar-refractivity contribution in [3.05, 3.63) is 23.3 Å². The number of methoxy groups -OCH3 is 1. The van der Waals surface area contributed by atoms with Crippen LogP contribution in [0.5, 0.6) is 11.5 Å². The molecule has 15 heavy (non-hydrogen) atoms. The van der Waals surface area contributed by atoms with E-state index in [9.17, 15) is 9.90 Å². The summed E-state index contributed by atoms with van der Waals surface area (Å²) in [5, 5.41) is 9.70. The molecule has 0 radical (unpaired) electrons. The summed E-state index contributed by atoms with van der Waals surface area (Å²) in [4.78, 5) is 10.7. The summed E-state index contributed by atoms with van der Waals surface area (Å²) in [5.74, 6) is 5.46. The Bertz CT molecular complexity index is 429. The number of ether oxygens (including phenoxy) is 1. The highest BCUT2D eigenvalue weighted by Crippen LogP contribution is 2.30. The molecule has 0 aromatic heterocycles. The minimum atomic E-state index is -0.139. The van der Waals surface area contributed by atoms with E-state index in [4.69, 9.17) is 16.3 Å². The van der Waals surface area contributed by atoms with Gasteiger partial charge in [-0.05, 0) is 12.1 Å². The van der Waals surface area contributed by atoms with Gasteiger partial charge in [0.15, 0.2) is 17.8 Å². The van der Waals surface area contributed by atoms with Gasteiger partial charge >= 0.3 is 0 Å². The molecule has 1 aromatic rings. The minimum Gasteiger partial charge on any atom is -0.503 e. The molecule has 1 N–H and O–H groups in total. The zero-order valence-corrected chi connectivity index (χ0v) is 8.84. The van der Waals surface area contributed by atoms with Crippen molar-refractivity contribution in [2.75, 3.05) is 13.0 Å². The largest absolute Gasteiger partial charge is 0.503 e. The lowest BCUT2D eigenvalue weighted by Gasteiger charge is -2.06. The van der Waals surface area contributed by atoms with Crippen LogP contribution in [0.15, 0.2) is 12.1 Å². The van der Waals surface area contributed by atoms with Crippen LogP contribution in [0.3, 0.4) is 0 Å². The summed E-state index contributed by atoms with van der Waals surface area (Å²) in [6.45, 7) is 0. The fourth-order valence-corrected chi connectivity index (χ4v) is 1.17. The molecule has 0 amide bonds. The van der Waals surface area contributed by atoms with Crippen molar-refractivity contribution >= 4 is 17.9 Å². The van der Waals surface area contributed by atoms with E-state index in [-0.39, 0.29) is 22.9 Å². The van der Waals surface area contributed by atoms with Crippen molar-refractivity contribution in [2.45, 2.75) is 0 Å². The molecule has 0 unspecified atom stereocenters. The number of alkyl halides is 1. The molecule has 0 bridgehead atoms. The molecule has 1 rings (SSSR count). The monoisotopic (exact) mass is 224 g/mol. The molecule has 1 aromatic carbocycles. The molecule has 0 spiro atoms. The molecule has 0 aliphatic rings. The third kappa shape index (κ3) is 2.42. The fraction of sp³-hybridized carbons (Fsp3) is 0.182. The number of carbonyl (C=O) groups excluding carboxylic acids is 1. The smallest absolute Gasteiger partial charge is 0.174 e. The maximum Gasteiger partial charge on any atom is 0.174 e. The van der Waals surface area contributed by atoms with Crippen LogP contribution in [-0.2, 0) is 0 Å². The van der Waals surface area contributed by atoms with E-state index >= 15 is 0 Å². The maximum atomic E-state index is 10.7. The highest BCUT2D eigenvalue weighted by Gasteiger charge is 2.10. The van der Waals surface area contributed by atoms with E-state index in [1.165, 1.54) is 19.2 Å². The number of halogens is 1. The van der Waals surface area contributed by atoms with E-state index < -0.39 is 0 Å². The summed E-state index contributed by atoms with van der Waals surface area (Å²) in [6, 6.07) is 3.04. The van der Waals surface area contributed by atoms with Crippen LogP contribution in [0.4, 0.5) is 0 Å². The number of hydrogen-bond donors (Lipinski definition) is 1. The second-order valence-corrected chi connectivity index (χ2v) is 2.90. The normalized spacial score (nSPS) is 8.93. The van der Waals surface area contributed by atoms with Gasteiger partial charge in [0.2, 0.25) is 0 Å². The molecule has 0 fully saturated rings. The van der Waals surface area contributed by atoms with Gasteiger partial charge in [0.05, 0.1) is 18.6 Å². The highest BCUT2D eigenvalue weighted by atomic mass is 35.5. The van der Waals surface area contributed by atoms with Crippen molar-refractivity contribution in [2.24, 2.45) is 0 Å². The summed E-state index contributed by atoms with van der Waals surface area (Å²) in [7, 11) is 1.42. The van der Waals surface area contributed by atoms with Crippen LogP contribution in [0.25, 0.3) is 0 Å². The molecule has 3 nitrogen and oxygen atoms in total. The Morgan fingerprint density at radius 1 is 1.60 bits per heavy atom. The van der Waals surface area contributed by atoms with Crippen molar-refractivity contribution in [1.82, 2.24) is 0 Å². The van der Waals surface area contributed by atoms with Gasteiger partial charge in [-0.3, -0.25) is 4.79 Å². The number of benzene rings is 1. The number of rotatable bonds is 2. The van der Waals surface area contributed by atoms with Gasteiger partial charge in [0, 0.05) is 5.56 Å². The standard InChI is InChI=1S/C11H9ClO3/c1-15-10-5-4-8(7-13)9(11(10)14)3-2-6-12/h4-5,7,14H,6H2,1H3. The van der Waals surface area contributed by atoms with E-state index in [2.05, 4.69) is 11.8 Å². The molecule has 0 atom stereocenters. The number of carbonyl (C=O) groups is 1. The van der Waals surface area contributed by atoms with Gasteiger partial charge in [-0.1, -0.05) is 11.8 Å². The number of phenolic OH excluding ortho intramolecular Hbond substituents is 1. The summed E-state index contributed by atoms with van der Waals surface area (Å²) in [5.41, 5.74) is 0.552. The second-order valence-electron chi connectivity index (χ2n) is 2.63. The van der Waals surface area contributed by atoms with Crippen molar-refractivity contribution < 1.29 is 14.6 Å². The van der Waals surface area contributed by atoms with E-state index in [1.807, 2.05) is 0 Å². The van der Waals surface area contributed by atoms with Crippen molar-refractivity contribution in [1.29, 1.82) is 0 Å². The summed E-state index contributed by atoms with van der Waals surface area (Å²) < 4.78 is 4.90. The summed E-state index contributed by atoms with van der Waals surface area (Å²) >= 11 is 5.40. The first kappa shape index (κ1) is 11.4. The first-order chi connectivity index (χ1) is 7.24. The van der Waals surface area contributed by atoms with Gasteiger partial charge in [-0.15, -0.1) is 11.6 Å². The lowest BCUT2D eigenvalue weighted by molar-refractivity contribution is 0.112. The Hall–Kier alpha value is -1.66. The zero-order valence-electron chi connectivity index (χ0n) is 8.08. The van der Waals surface area contributed by atoms with Gasteiger partial charge < -0.3 is 9.84 Å². The number of aldehydes is 1. The van der Waals surface area contributed by atoms with Gasteiger partial charge in [-0.2, -0.15) is 0 Å². The van der Waals surface area contributed by atoms with Crippen LogP contribution in [0.2, 0.25) is 0 Å². The molecule has 0 aliphatic carbocycles. The third-order valence-electron chi connectivity index (χ3n) is 1.80. The maximum absolute atomic E-state index is 10.7. The Labute approximate surface area is 92.6 Å². The van der Waals surface area contributed by atoms with Gasteiger partial charge in [0.25, 0.3) is 0 Å². The average Bonchev–Trinajstić information content (AvgIpc) is 2.27. The van der Waals surface area contributed by atoms with Gasteiger partial charge in [0.1, 0.15) is 0 Å². The molecule has 4 heteroatoms. The molecule has 0 aliphatic heterocycles. The average molecular weight is 225 g/mol. The Balaban J connectivity index is 3.35. The van der Waals surface area contributed by atoms with Crippen LogP contribution in [0, 0.1) is 11.8 Å². The predicted molar refractivity (Wildman–Crippen MR) is 57.6 cm³/mol. The molecule has 0 heterocycles. The van der Waals surface area contributed by atoms with Crippen molar-refractivity contribution in [3.63, 3.8) is 0 Å².